The molecule has 0 bridgehead atoms. The molecule has 23 heavy (non-hydrogen) atoms. The molecule has 1 saturated heterocycles. The number of nitrogens with one attached hydrogen (secondary N) is 2. The maximum atomic E-state index is 13.5. The number of carbonyl (C=O) groups excluding carboxylic acids is 1. The lowest BCUT2D eigenvalue weighted by Crippen LogP contribution is -2.57. The predicted octanol–water partition coefficient (Wildman–Crippen LogP) is 1.53. The predicted molar refractivity (Wildman–Crippen MR) is 73.0 cm³/mol. The van der Waals surface area contributed by atoms with Crippen LogP contribution in [0.1, 0.15) is 10.4 Å². The van der Waals surface area contributed by atoms with Crippen LogP contribution in [-0.2, 0) is 0 Å². The van der Waals surface area contributed by atoms with Crippen LogP contribution in [0.2, 0.25) is 0 Å². The lowest BCUT2D eigenvalue weighted by molar-refractivity contribution is -0.183. The van der Waals surface area contributed by atoms with Gasteiger partial charge in [0.1, 0.15) is 23.2 Å². The van der Waals surface area contributed by atoms with Gasteiger partial charge in [0.05, 0.1) is 0 Å². The SMILES string of the molecule is O=C(NCC(N1CCNCC1)C(F)(F)F)c1c(F)cccc1F. The smallest absolute Gasteiger partial charge is 0.350 e. The lowest BCUT2D eigenvalue weighted by atomic mass is 10.1. The van der Waals surface area contributed by atoms with Gasteiger partial charge in [-0.05, 0) is 12.1 Å². The van der Waals surface area contributed by atoms with Crippen LogP contribution in [0.25, 0.3) is 0 Å². The zero-order valence-corrected chi connectivity index (χ0v) is 12.1. The van der Waals surface area contributed by atoms with Crippen molar-refractivity contribution in [1.82, 2.24) is 15.5 Å². The van der Waals surface area contributed by atoms with E-state index in [4.69, 9.17) is 0 Å². The van der Waals surface area contributed by atoms with Crippen LogP contribution in [0.5, 0.6) is 0 Å². The Morgan fingerprint density at radius 3 is 2.30 bits per heavy atom. The summed E-state index contributed by atoms with van der Waals surface area (Å²) < 4.78 is 66.4. The summed E-state index contributed by atoms with van der Waals surface area (Å²) in [5, 5.41) is 4.91. The summed E-state index contributed by atoms with van der Waals surface area (Å²) in [5.41, 5.74) is -0.881. The minimum Gasteiger partial charge on any atom is -0.350 e. The van der Waals surface area contributed by atoms with Gasteiger partial charge >= 0.3 is 6.18 Å². The van der Waals surface area contributed by atoms with E-state index in [0.717, 1.165) is 18.2 Å². The molecule has 128 valence electrons. The molecule has 1 atom stereocenters. The highest BCUT2D eigenvalue weighted by Crippen LogP contribution is 2.25. The first-order valence-corrected chi connectivity index (χ1v) is 7.04. The van der Waals surface area contributed by atoms with E-state index in [1.807, 2.05) is 5.32 Å². The van der Waals surface area contributed by atoms with Crippen molar-refractivity contribution in [2.75, 3.05) is 32.7 Å². The molecule has 9 heteroatoms. The normalized spacial score (nSPS) is 17.8. The summed E-state index contributed by atoms with van der Waals surface area (Å²) in [6, 6.07) is 0.912. The first-order valence-electron chi connectivity index (χ1n) is 7.04. The topological polar surface area (TPSA) is 44.4 Å². The van der Waals surface area contributed by atoms with E-state index < -0.39 is 41.9 Å². The molecule has 1 unspecified atom stereocenters. The van der Waals surface area contributed by atoms with Gasteiger partial charge < -0.3 is 10.6 Å². The first kappa shape index (κ1) is 17.6. The third kappa shape index (κ3) is 4.38. The Morgan fingerprint density at radius 2 is 1.78 bits per heavy atom. The van der Waals surface area contributed by atoms with E-state index in [9.17, 15) is 26.7 Å². The first-order chi connectivity index (χ1) is 10.8. The molecule has 1 amide bonds. The van der Waals surface area contributed by atoms with Crippen molar-refractivity contribution < 1.29 is 26.7 Å². The molecular weight excluding hydrogens is 321 g/mol. The zero-order chi connectivity index (χ0) is 17.0. The summed E-state index contributed by atoms with van der Waals surface area (Å²) >= 11 is 0. The fraction of sp³-hybridized carbons (Fsp3) is 0.500. The van der Waals surface area contributed by atoms with Gasteiger partial charge in [-0.25, -0.2) is 8.78 Å². The Bertz CT molecular complexity index is 538. The van der Waals surface area contributed by atoms with Crippen LogP contribution in [0.15, 0.2) is 18.2 Å². The second-order valence-corrected chi connectivity index (χ2v) is 5.15. The molecule has 1 fully saturated rings. The van der Waals surface area contributed by atoms with Crippen molar-refractivity contribution in [3.05, 3.63) is 35.4 Å². The van der Waals surface area contributed by atoms with Gasteiger partial charge in [0, 0.05) is 32.7 Å². The number of hydrogen-bond acceptors (Lipinski definition) is 3. The monoisotopic (exact) mass is 337 g/mol. The molecule has 0 radical (unpaired) electrons. The second kappa shape index (κ2) is 7.22. The van der Waals surface area contributed by atoms with Crippen molar-refractivity contribution in [3.63, 3.8) is 0 Å². The van der Waals surface area contributed by atoms with E-state index in [1.165, 1.54) is 4.90 Å². The molecule has 2 N–H and O–H groups in total. The number of halogens is 5. The highest BCUT2D eigenvalue weighted by Gasteiger charge is 2.44. The summed E-state index contributed by atoms with van der Waals surface area (Å²) in [6.45, 7) is 0.392. The Balaban J connectivity index is 2.07. The number of alkyl halides is 3. The molecular formula is C14H16F5N3O. The molecule has 0 aromatic heterocycles. The summed E-state index contributed by atoms with van der Waals surface area (Å²) in [6.07, 6.45) is -4.56. The number of amides is 1. The van der Waals surface area contributed by atoms with Crippen LogP contribution >= 0.6 is 0 Å². The van der Waals surface area contributed by atoms with Crippen LogP contribution in [0.3, 0.4) is 0 Å². The van der Waals surface area contributed by atoms with Gasteiger partial charge in [0.15, 0.2) is 0 Å². The Morgan fingerprint density at radius 1 is 1.22 bits per heavy atom. The van der Waals surface area contributed by atoms with Gasteiger partial charge in [0.2, 0.25) is 0 Å². The van der Waals surface area contributed by atoms with Gasteiger partial charge in [0.25, 0.3) is 5.91 Å². The van der Waals surface area contributed by atoms with Crippen LogP contribution in [-0.4, -0.2) is 55.7 Å². The third-order valence-electron chi connectivity index (χ3n) is 3.62. The number of nitrogens with zero attached hydrogens (tertiary/aromatic N) is 1. The molecule has 1 heterocycles. The summed E-state index contributed by atoms with van der Waals surface area (Å²) in [7, 11) is 0. The molecule has 4 nitrogen and oxygen atoms in total. The minimum absolute atomic E-state index is 0.175. The van der Waals surface area contributed by atoms with E-state index >= 15 is 0 Å². The molecule has 1 aliphatic heterocycles. The van der Waals surface area contributed by atoms with Gasteiger partial charge in [-0.3, -0.25) is 9.69 Å². The number of benzene rings is 1. The average Bonchev–Trinajstić information content (AvgIpc) is 2.47. The van der Waals surface area contributed by atoms with E-state index in [2.05, 4.69) is 5.32 Å². The number of piperazine rings is 1. The van der Waals surface area contributed by atoms with Crippen molar-refractivity contribution in [2.24, 2.45) is 0 Å². The Hall–Kier alpha value is -1.74. The molecule has 0 aliphatic carbocycles. The highest BCUT2D eigenvalue weighted by molar-refractivity contribution is 5.94. The lowest BCUT2D eigenvalue weighted by Gasteiger charge is -2.35. The van der Waals surface area contributed by atoms with Crippen molar-refractivity contribution in [2.45, 2.75) is 12.2 Å². The van der Waals surface area contributed by atoms with E-state index in [1.54, 1.807) is 0 Å². The van der Waals surface area contributed by atoms with E-state index in [0.29, 0.717) is 13.1 Å². The largest absolute Gasteiger partial charge is 0.405 e. The van der Waals surface area contributed by atoms with Crippen molar-refractivity contribution in [1.29, 1.82) is 0 Å². The summed E-state index contributed by atoms with van der Waals surface area (Å²) in [4.78, 5) is 13.0. The second-order valence-electron chi connectivity index (χ2n) is 5.15. The van der Waals surface area contributed by atoms with Gasteiger partial charge in [-0.15, -0.1) is 0 Å². The maximum absolute atomic E-state index is 13.5. The zero-order valence-electron chi connectivity index (χ0n) is 12.1. The Kier molecular flexibility index (Phi) is 5.53. The van der Waals surface area contributed by atoms with Crippen molar-refractivity contribution in [3.8, 4) is 0 Å². The fourth-order valence-corrected chi connectivity index (χ4v) is 2.44. The summed E-state index contributed by atoms with van der Waals surface area (Å²) in [5.74, 6) is -3.44. The third-order valence-corrected chi connectivity index (χ3v) is 3.62. The van der Waals surface area contributed by atoms with Gasteiger partial charge in [-0.1, -0.05) is 6.07 Å². The molecule has 1 aliphatic rings. The number of rotatable bonds is 4. The number of carbonyl (C=O) groups is 1. The van der Waals surface area contributed by atoms with Crippen LogP contribution in [0.4, 0.5) is 22.0 Å². The highest BCUT2D eigenvalue weighted by atomic mass is 19.4. The standard InChI is InChI=1S/C14H16F5N3O/c15-9-2-1-3-10(16)12(9)13(23)21-8-11(14(17,18)19)22-6-4-20-5-7-22/h1-3,11,20H,4-8H2,(H,21,23). The van der Waals surface area contributed by atoms with Crippen molar-refractivity contribution >= 4 is 5.91 Å². The molecule has 0 spiro atoms. The van der Waals surface area contributed by atoms with Gasteiger partial charge in [-0.2, -0.15) is 13.2 Å². The van der Waals surface area contributed by atoms with Crippen LogP contribution < -0.4 is 10.6 Å². The molecule has 1 aromatic carbocycles. The number of hydrogen-bond donors (Lipinski definition) is 2. The van der Waals surface area contributed by atoms with E-state index in [-0.39, 0.29) is 13.1 Å². The minimum atomic E-state index is -4.56. The average molecular weight is 337 g/mol. The quantitative estimate of drug-likeness (QED) is 0.819. The molecule has 1 aromatic rings. The van der Waals surface area contributed by atoms with Crippen LogP contribution in [0, 0.1) is 11.6 Å². The molecule has 2 rings (SSSR count). The fourth-order valence-electron chi connectivity index (χ4n) is 2.44. The maximum Gasteiger partial charge on any atom is 0.405 e. The Labute approximate surface area is 129 Å². The molecule has 0 saturated carbocycles.